The summed E-state index contributed by atoms with van der Waals surface area (Å²) >= 11 is 0. The second kappa shape index (κ2) is 7.51. The van der Waals surface area contributed by atoms with E-state index < -0.39 is 0 Å². The van der Waals surface area contributed by atoms with E-state index >= 15 is 0 Å². The van der Waals surface area contributed by atoms with Crippen LogP contribution < -0.4 is 10.1 Å². The van der Waals surface area contributed by atoms with Crippen LogP contribution in [-0.2, 0) is 4.74 Å². The maximum Gasteiger partial charge on any atom is 0.126 e. The van der Waals surface area contributed by atoms with Crippen LogP contribution in [0.25, 0.3) is 0 Å². The van der Waals surface area contributed by atoms with E-state index in [1.165, 1.54) is 16.7 Å². The van der Waals surface area contributed by atoms with Gasteiger partial charge in [-0.05, 0) is 45.4 Å². The Morgan fingerprint density at radius 3 is 2.42 bits per heavy atom. The molecule has 1 N–H and O–H groups in total. The van der Waals surface area contributed by atoms with Gasteiger partial charge >= 0.3 is 0 Å². The first kappa shape index (κ1) is 16.0. The Morgan fingerprint density at radius 2 is 1.89 bits per heavy atom. The van der Waals surface area contributed by atoms with Crippen molar-refractivity contribution in [1.82, 2.24) is 5.32 Å². The van der Waals surface area contributed by atoms with Crippen molar-refractivity contribution in [2.75, 3.05) is 20.3 Å². The average Bonchev–Trinajstić information content (AvgIpc) is 2.37. The summed E-state index contributed by atoms with van der Waals surface area (Å²) in [6.45, 7) is 12.0. The molecule has 1 unspecified atom stereocenters. The lowest BCUT2D eigenvalue weighted by Gasteiger charge is -2.23. The molecule has 0 aliphatic rings. The predicted molar refractivity (Wildman–Crippen MR) is 80.0 cm³/mol. The van der Waals surface area contributed by atoms with Crippen LogP contribution >= 0.6 is 0 Å². The molecule has 0 heterocycles. The van der Waals surface area contributed by atoms with E-state index in [1.54, 1.807) is 7.11 Å². The lowest BCUT2D eigenvalue weighted by Crippen LogP contribution is -2.27. The topological polar surface area (TPSA) is 30.5 Å². The first-order chi connectivity index (χ1) is 9.01. The molecule has 1 atom stereocenters. The second-order valence-corrected chi connectivity index (χ2v) is 5.12. The summed E-state index contributed by atoms with van der Waals surface area (Å²) < 4.78 is 11.4. The summed E-state index contributed by atoms with van der Waals surface area (Å²) in [7, 11) is 1.73. The van der Waals surface area contributed by atoms with E-state index in [4.69, 9.17) is 9.47 Å². The Hall–Kier alpha value is -1.06. The number of nitrogens with one attached hydrogen (secondary N) is 1. The number of hydrogen-bond donors (Lipinski definition) is 1. The molecule has 19 heavy (non-hydrogen) atoms. The third kappa shape index (κ3) is 4.22. The van der Waals surface area contributed by atoms with Crippen LogP contribution in [0.5, 0.6) is 5.75 Å². The maximum absolute atomic E-state index is 5.76. The van der Waals surface area contributed by atoms with Gasteiger partial charge in [-0.15, -0.1) is 0 Å². The van der Waals surface area contributed by atoms with Crippen molar-refractivity contribution < 1.29 is 9.47 Å². The van der Waals surface area contributed by atoms with Crippen molar-refractivity contribution in [2.45, 2.75) is 46.8 Å². The zero-order valence-corrected chi connectivity index (χ0v) is 13.0. The molecule has 0 radical (unpaired) electrons. The summed E-state index contributed by atoms with van der Waals surface area (Å²) in [4.78, 5) is 0. The number of benzene rings is 1. The number of aryl methyl sites for hydroxylation is 1. The lowest BCUT2D eigenvalue weighted by atomic mass is 9.99. The van der Waals surface area contributed by atoms with Crippen LogP contribution in [0.3, 0.4) is 0 Å². The second-order valence-electron chi connectivity index (χ2n) is 5.12. The predicted octanol–water partition coefficient (Wildman–Crippen LogP) is 3.39. The fraction of sp³-hybridized carbons (Fsp3) is 0.625. The van der Waals surface area contributed by atoms with E-state index in [0.29, 0.717) is 6.61 Å². The van der Waals surface area contributed by atoms with Gasteiger partial charge in [-0.3, -0.25) is 0 Å². The van der Waals surface area contributed by atoms with E-state index in [-0.39, 0.29) is 12.1 Å². The molecule has 1 rings (SSSR count). The molecule has 0 aliphatic heterocycles. The zero-order valence-electron chi connectivity index (χ0n) is 13.0. The molecule has 3 nitrogen and oxygen atoms in total. The molecule has 0 bridgehead atoms. The summed E-state index contributed by atoms with van der Waals surface area (Å²) in [5.41, 5.74) is 3.63. The van der Waals surface area contributed by atoms with Crippen molar-refractivity contribution in [2.24, 2.45) is 0 Å². The summed E-state index contributed by atoms with van der Waals surface area (Å²) in [6, 6.07) is 4.45. The van der Waals surface area contributed by atoms with E-state index in [9.17, 15) is 0 Å². The first-order valence-electron chi connectivity index (χ1n) is 7.00. The van der Waals surface area contributed by atoms with Gasteiger partial charge in [-0.1, -0.05) is 19.1 Å². The van der Waals surface area contributed by atoms with Crippen LogP contribution in [0, 0.1) is 13.8 Å². The Kier molecular flexibility index (Phi) is 6.32. The third-order valence-electron chi connectivity index (χ3n) is 3.33. The minimum atomic E-state index is 0.168. The molecule has 108 valence electrons. The van der Waals surface area contributed by atoms with Gasteiger partial charge in [-0.25, -0.2) is 0 Å². The van der Waals surface area contributed by atoms with Crippen molar-refractivity contribution in [3.63, 3.8) is 0 Å². The van der Waals surface area contributed by atoms with Crippen LogP contribution in [0.4, 0.5) is 0 Å². The van der Waals surface area contributed by atoms with Gasteiger partial charge in [0.05, 0.1) is 25.9 Å². The number of methoxy groups -OCH3 is 1. The molecule has 0 amide bonds. The number of ether oxygens (including phenoxy) is 2. The fourth-order valence-electron chi connectivity index (χ4n) is 2.15. The largest absolute Gasteiger partial charge is 0.496 e. The number of likely N-dealkylation sites (N-methyl/N-ethyl adjacent to an activating group) is 1. The number of rotatable bonds is 7. The fourth-order valence-corrected chi connectivity index (χ4v) is 2.15. The van der Waals surface area contributed by atoms with Gasteiger partial charge in [0, 0.05) is 5.56 Å². The molecule has 3 heteroatoms. The monoisotopic (exact) mass is 265 g/mol. The normalized spacial score (nSPS) is 12.8. The molecule has 0 spiro atoms. The van der Waals surface area contributed by atoms with E-state index in [2.05, 4.69) is 52.1 Å². The van der Waals surface area contributed by atoms with Gasteiger partial charge in [-0.2, -0.15) is 0 Å². The highest BCUT2D eigenvalue weighted by molar-refractivity contribution is 5.46. The van der Waals surface area contributed by atoms with Crippen molar-refractivity contribution in [1.29, 1.82) is 0 Å². The van der Waals surface area contributed by atoms with Crippen LogP contribution in [0.15, 0.2) is 12.1 Å². The van der Waals surface area contributed by atoms with Crippen LogP contribution in [0.2, 0.25) is 0 Å². The third-order valence-corrected chi connectivity index (χ3v) is 3.33. The SMILES string of the molecule is CCNC(COC(C)C)c1ccc(C)c(C)c1OC. The van der Waals surface area contributed by atoms with Gasteiger partial charge in [0.2, 0.25) is 0 Å². The highest BCUT2D eigenvalue weighted by Gasteiger charge is 2.18. The van der Waals surface area contributed by atoms with Crippen molar-refractivity contribution in [3.8, 4) is 5.75 Å². The molecule has 0 aromatic heterocycles. The van der Waals surface area contributed by atoms with Crippen molar-refractivity contribution >= 4 is 0 Å². The van der Waals surface area contributed by atoms with Gasteiger partial charge in [0.25, 0.3) is 0 Å². The molecule has 0 aliphatic carbocycles. The van der Waals surface area contributed by atoms with Crippen LogP contribution in [0.1, 0.15) is 43.5 Å². The summed E-state index contributed by atoms with van der Waals surface area (Å²) in [5, 5.41) is 3.47. The lowest BCUT2D eigenvalue weighted by molar-refractivity contribution is 0.0609. The zero-order chi connectivity index (χ0) is 14.4. The van der Waals surface area contributed by atoms with Gasteiger partial charge < -0.3 is 14.8 Å². The molecule has 0 fully saturated rings. The highest BCUT2D eigenvalue weighted by Crippen LogP contribution is 2.31. The van der Waals surface area contributed by atoms with Gasteiger partial charge in [0.15, 0.2) is 0 Å². The Bertz CT molecular complexity index is 402. The minimum Gasteiger partial charge on any atom is -0.496 e. The Morgan fingerprint density at radius 1 is 1.21 bits per heavy atom. The molecule has 0 saturated heterocycles. The molecular formula is C16H27NO2. The molecule has 1 aromatic rings. The summed E-state index contributed by atoms with van der Waals surface area (Å²) in [6.07, 6.45) is 0.235. The standard InChI is InChI=1S/C16H27NO2/c1-7-17-15(10-19-11(2)3)14-9-8-12(4)13(5)16(14)18-6/h8-9,11,15,17H,7,10H2,1-6H3. The van der Waals surface area contributed by atoms with Crippen LogP contribution in [-0.4, -0.2) is 26.4 Å². The first-order valence-corrected chi connectivity index (χ1v) is 7.00. The number of hydrogen-bond acceptors (Lipinski definition) is 3. The van der Waals surface area contributed by atoms with E-state index in [1.807, 2.05) is 0 Å². The smallest absolute Gasteiger partial charge is 0.126 e. The van der Waals surface area contributed by atoms with Crippen molar-refractivity contribution in [3.05, 3.63) is 28.8 Å². The van der Waals surface area contributed by atoms with E-state index in [0.717, 1.165) is 12.3 Å². The Balaban J connectivity index is 3.04. The van der Waals surface area contributed by atoms with Gasteiger partial charge in [0.1, 0.15) is 5.75 Å². The molecule has 0 saturated carbocycles. The average molecular weight is 265 g/mol. The Labute approximate surface area is 117 Å². The quantitative estimate of drug-likeness (QED) is 0.819. The minimum absolute atomic E-state index is 0.168. The summed E-state index contributed by atoms with van der Waals surface area (Å²) in [5.74, 6) is 0.971. The molecular weight excluding hydrogens is 238 g/mol. The molecule has 1 aromatic carbocycles. The maximum atomic E-state index is 5.76. The highest BCUT2D eigenvalue weighted by atomic mass is 16.5.